The van der Waals surface area contributed by atoms with Gasteiger partial charge < -0.3 is 0 Å². The molecule has 0 unspecified atom stereocenters. The first-order valence-corrected chi connectivity index (χ1v) is 3.28. The number of allylic oxidation sites excluding steroid dienone is 2. The first-order valence-electron chi connectivity index (χ1n) is 3.28. The van der Waals surface area contributed by atoms with Crippen LogP contribution in [0.5, 0.6) is 0 Å². The molecule has 0 spiro atoms. The van der Waals surface area contributed by atoms with E-state index in [1.165, 1.54) is 18.2 Å². The van der Waals surface area contributed by atoms with Gasteiger partial charge in [-0.25, -0.2) is 4.90 Å². The van der Waals surface area contributed by atoms with Crippen molar-refractivity contribution < 1.29 is 13.2 Å². The van der Waals surface area contributed by atoms with Crippen LogP contribution in [0.4, 0.5) is 13.2 Å². The van der Waals surface area contributed by atoms with E-state index in [-0.39, 0.29) is 11.3 Å². The first kappa shape index (κ1) is 8.83. The van der Waals surface area contributed by atoms with Gasteiger partial charge >= 0.3 is 6.30 Å². The quantitative estimate of drug-likeness (QED) is 0.563. The number of nitrogens with one attached hydrogen (secondary N) is 1. The van der Waals surface area contributed by atoms with E-state index in [9.17, 15) is 13.2 Å². The normalized spacial score (nSPS) is 18.2. The molecule has 0 saturated carbocycles. The molecule has 0 aliphatic carbocycles. The Morgan fingerprint density at radius 3 is 2.58 bits per heavy atom. The molecule has 2 nitrogen and oxygen atoms in total. The maximum Gasteiger partial charge on any atom is 0.489 e. The van der Waals surface area contributed by atoms with Gasteiger partial charge in [0, 0.05) is 12.6 Å². The van der Waals surface area contributed by atoms with E-state index in [0.29, 0.717) is 0 Å². The lowest BCUT2D eigenvalue weighted by atomic mass is 10.3. The topological polar surface area (TPSA) is 27.1 Å². The van der Waals surface area contributed by atoms with Crippen LogP contribution in [0.2, 0.25) is 0 Å². The van der Waals surface area contributed by atoms with Gasteiger partial charge in [-0.05, 0) is 6.08 Å². The fourth-order valence-electron chi connectivity index (χ4n) is 0.820. The van der Waals surface area contributed by atoms with Crippen molar-refractivity contribution in [1.29, 1.82) is 5.41 Å². The van der Waals surface area contributed by atoms with Gasteiger partial charge in [-0.3, -0.25) is 5.41 Å². The maximum absolute atomic E-state index is 12.1. The molecule has 66 valence electrons. The van der Waals surface area contributed by atoms with E-state index in [1.54, 1.807) is 0 Å². The highest BCUT2D eigenvalue weighted by atomic mass is 19.4. The van der Waals surface area contributed by atoms with Crippen molar-refractivity contribution in [1.82, 2.24) is 4.90 Å². The summed E-state index contributed by atoms with van der Waals surface area (Å²) in [7, 11) is 0. The van der Waals surface area contributed by atoms with E-state index in [2.05, 4.69) is 0 Å². The summed E-state index contributed by atoms with van der Waals surface area (Å²) in [6, 6.07) is 0. The van der Waals surface area contributed by atoms with Crippen molar-refractivity contribution in [2.24, 2.45) is 0 Å². The van der Waals surface area contributed by atoms with Crippen LogP contribution in [0.15, 0.2) is 24.4 Å². The summed E-state index contributed by atoms with van der Waals surface area (Å²) < 4.78 is 36.2. The average molecular weight is 176 g/mol. The number of halogens is 3. The molecule has 0 radical (unpaired) electrons. The summed E-state index contributed by atoms with van der Waals surface area (Å²) in [5, 5.41) is 7.04. The fraction of sp³-hybridized carbons (Fsp3) is 0.286. The highest BCUT2D eigenvalue weighted by molar-refractivity contribution is 5.82. The molecule has 0 aromatic carbocycles. The lowest BCUT2D eigenvalue weighted by Crippen LogP contribution is -2.37. The molecule has 0 amide bonds. The summed E-state index contributed by atoms with van der Waals surface area (Å²) in [5.74, 6) is -0.465. The number of nitrogens with zero attached hydrogens (tertiary/aromatic N) is 1. The Bertz CT molecular complexity index is 240. The highest BCUT2D eigenvalue weighted by Crippen LogP contribution is 2.23. The summed E-state index contributed by atoms with van der Waals surface area (Å²) in [4.78, 5) is -0.00694. The second-order valence-electron chi connectivity index (χ2n) is 2.26. The van der Waals surface area contributed by atoms with Crippen LogP contribution in [0, 0.1) is 5.41 Å². The summed E-state index contributed by atoms with van der Waals surface area (Å²) >= 11 is 0. The Kier molecular flexibility index (Phi) is 2.21. The Balaban J connectivity index is 2.84. The molecule has 0 aromatic rings. The third-order valence-electron chi connectivity index (χ3n) is 1.36. The van der Waals surface area contributed by atoms with Gasteiger partial charge in [0.2, 0.25) is 0 Å². The molecule has 12 heavy (non-hydrogen) atoms. The van der Waals surface area contributed by atoms with Crippen molar-refractivity contribution in [3.05, 3.63) is 24.4 Å². The Morgan fingerprint density at radius 2 is 2.00 bits per heavy atom. The van der Waals surface area contributed by atoms with Crippen LogP contribution in [0.3, 0.4) is 0 Å². The molecule has 0 atom stereocenters. The lowest BCUT2D eigenvalue weighted by Gasteiger charge is -2.21. The van der Waals surface area contributed by atoms with E-state index < -0.39 is 12.1 Å². The number of amidine groups is 1. The van der Waals surface area contributed by atoms with Crippen LogP contribution < -0.4 is 0 Å². The molecule has 1 rings (SSSR count). The predicted molar refractivity (Wildman–Crippen MR) is 38.5 cm³/mol. The summed E-state index contributed by atoms with van der Waals surface area (Å²) in [6.07, 6.45) is 0.609. The van der Waals surface area contributed by atoms with Crippen molar-refractivity contribution in [3.8, 4) is 0 Å². The minimum atomic E-state index is -4.49. The van der Waals surface area contributed by atoms with E-state index in [0.717, 1.165) is 6.20 Å². The number of rotatable bonds is 0. The van der Waals surface area contributed by atoms with Crippen LogP contribution in [0.25, 0.3) is 0 Å². The molecule has 0 fully saturated rings. The van der Waals surface area contributed by atoms with E-state index in [1.807, 2.05) is 0 Å². The number of alkyl halides is 3. The third-order valence-corrected chi connectivity index (χ3v) is 1.36. The van der Waals surface area contributed by atoms with Crippen molar-refractivity contribution >= 4 is 5.84 Å². The lowest BCUT2D eigenvalue weighted by molar-refractivity contribution is -0.202. The average Bonchev–Trinajstić information content (AvgIpc) is 2.11. The van der Waals surface area contributed by atoms with Crippen molar-refractivity contribution in [3.63, 3.8) is 0 Å². The molecule has 5 heteroatoms. The van der Waals surface area contributed by atoms with E-state index >= 15 is 0 Å². The molecule has 1 heterocycles. The maximum atomic E-state index is 12.1. The standard InChI is InChI=1S/C7H7F3N2/c8-7(9,10)12-5-3-1-2-4-6(12)11/h1-3,5,11H,4H2. The zero-order chi connectivity index (χ0) is 9.19. The molecule has 1 N–H and O–H groups in total. The summed E-state index contributed by atoms with van der Waals surface area (Å²) in [5.41, 5.74) is 0. The van der Waals surface area contributed by atoms with Crippen LogP contribution in [-0.4, -0.2) is 17.0 Å². The predicted octanol–water partition coefficient (Wildman–Crippen LogP) is 2.26. The second kappa shape index (κ2) is 3.00. The van der Waals surface area contributed by atoms with Crippen LogP contribution >= 0.6 is 0 Å². The SMILES string of the molecule is N=C1CC=CC=CN1C(F)(F)F. The zero-order valence-electron chi connectivity index (χ0n) is 6.10. The van der Waals surface area contributed by atoms with Gasteiger partial charge in [-0.2, -0.15) is 0 Å². The Hall–Kier alpha value is -1.26. The van der Waals surface area contributed by atoms with Crippen molar-refractivity contribution in [2.75, 3.05) is 0 Å². The molecule has 0 bridgehead atoms. The number of hydrogen-bond donors (Lipinski definition) is 1. The Morgan fingerprint density at radius 1 is 1.33 bits per heavy atom. The fourth-order valence-corrected chi connectivity index (χ4v) is 0.820. The van der Waals surface area contributed by atoms with E-state index in [4.69, 9.17) is 5.41 Å². The molecule has 0 saturated heterocycles. The van der Waals surface area contributed by atoms with Gasteiger partial charge in [0.05, 0.1) is 0 Å². The van der Waals surface area contributed by atoms with Gasteiger partial charge in [0.25, 0.3) is 0 Å². The third kappa shape index (κ3) is 1.87. The smallest absolute Gasteiger partial charge is 0.288 e. The molecule has 1 aliphatic rings. The highest BCUT2D eigenvalue weighted by Gasteiger charge is 2.37. The molecule has 0 aromatic heterocycles. The van der Waals surface area contributed by atoms with Crippen LogP contribution in [-0.2, 0) is 0 Å². The first-order chi connectivity index (χ1) is 5.52. The summed E-state index contributed by atoms with van der Waals surface area (Å²) in [6.45, 7) is 0. The van der Waals surface area contributed by atoms with Gasteiger partial charge in [0.1, 0.15) is 5.84 Å². The minimum Gasteiger partial charge on any atom is -0.288 e. The van der Waals surface area contributed by atoms with Gasteiger partial charge in [-0.15, -0.1) is 13.2 Å². The zero-order valence-corrected chi connectivity index (χ0v) is 6.10. The molecular formula is C7H7F3N2. The monoisotopic (exact) mass is 176 g/mol. The van der Waals surface area contributed by atoms with Gasteiger partial charge in [0.15, 0.2) is 0 Å². The number of hydrogen-bond acceptors (Lipinski definition) is 1. The van der Waals surface area contributed by atoms with Gasteiger partial charge in [-0.1, -0.05) is 12.2 Å². The second-order valence-corrected chi connectivity index (χ2v) is 2.26. The Labute approximate surface area is 67.5 Å². The molecular weight excluding hydrogens is 169 g/mol. The van der Waals surface area contributed by atoms with Crippen molar-refractivity contribution in [2.45, 2.75) is 12.7 Å². The largest absolute Gasteiger partial charge is 0.489 e. The molecule has 1 aliphatic heterocycles. The minimum absolute atomic E-state index is 0.00646. The van der Waals surface area contributed by atoms with Crippen LogP contribution in [0.1, 0.15) is 6.42 Å².